The van der Waals surface area contributed by atoms with Gasteiger partial charge in [0.1, 0.15) is 5.84 Å². The molecule has 0 spiro atoms. The van der Waals surface area contributed by atoms with Crippen molar-refractivity contribution in [2.24, 2.45) is 4.99 Å². The van der Waals surface area contributed by atoms with Gasteiger partial charge in [-0.1, -0.05) is 69.7 Å². The third-order valence-corrected chi connectivity index (χ3v) is 8.38. The van der Waals surface area contributed by atoms with Gasteiger partial charge >= 0.3 is 0 Å². The first-order chi connectivity index (χ1) is 18.7. The minimum absolute atomic E-state index is 1.01. The molecule has 196 valence electrons. The number of hydrogen-bond acceptors (Lipinski definition) is 1. The van der Waals surface area contributed by atoms with Crippen molar-refractivity contribution in [1.29, 1.82) is 0 Å². The van der Waals surface area contributed by atoms with E-state index < -0.39 is 0 Å². The predicted molar refractivity (Wildman–Crippen MR) is 167 cm³/mol. The number of benzene rings is 2. The molecule has 0 fully saturated rings. The number of hydrogen-bond donors (Lipinski definition) is 0. The first kappa shape index (κ1) is 25.1. The normalized spacial score (nSPS) is 19.5. The van der Waals surface area contributed by atoms with Crippen molar-refractivity contribution in [3.63, 3.8) is 0 Å². The predicted octanol–water partition coefficient (Wildman–Crippen LogP) is 9.38. The molecule has 2 bridgehead atoms. The second-order valence-corrected chi connectivity index (χ2v) is 11.2. The van der Waals surface area contributed by atoms with Crippen LogP contribution in [0.25, 0.3) is 16.7 Å². The Morgan fingerprint density at radius 3 is 2.21 bits per heavy atom. The van der Waals surface area contributed by atoms with Crippen molar-refractivity contribution in [3.8, 4) is 11.1 Å². The molecule has 6 rings (SSSR count). The topological polar surface area (TPSA) is 15.6 Å². The molecule has 2 aliphatic heterocycles. The van der Waals surface area contributed by atoms with E-state index in [-0.39, 0.29) is 0 Å². The number of fused-ring (bicyclic) bond motifs is 4. The number of amidine groups is 1. The number of anilines is 1. The highest BCUT2D eigenvalue weighted by Gasteiger charge is 2.36. The third-order valence-electron chi connectivity index (χ3n) is 8.38. The van der Waals surface area contributed by atoms with Gasteiger partial charge < -0.3 is 4.90 Å². The summed E-state index contributed by atoms with van der Waals surface area (Å²) in [6.45, 7) is 15.6. The van der Waals surface area contributed by atoms with Gasteiger partial charge in [-0.05, 0) is 60.6 Å². The maximum atomic E-state index is 4.99. The Labute approximate surface area is 233 Å². The molecule has 0 amide bonds. The maximum Gasteiger partial charge on any atom is 0.103 e. The fourth-order valence-corrected chi connectivity index (χ4v) is 6.89. The molecule has 2 heteroatoms. The van der Waals surface area contributed by atoms with Crippen molar-refractivity contribution in [2.45, 2.75) is 48.5 Å². The summed E-state index contributed by atoms with van der Waals surface area (Å²) in [7, 11) is 1.93. The van der Waals surface area contributed by atoms with E-state index in [0.29, 0.717) is 0 Å². The molecule has 0 unspecified atom stereocenters. The number of rotatable bonds is 1. The van der Waals surface area contributed by atoms with Gasteiger partial charge in [0.25, 0.3) is 0 Å². The summed E-state index contributed by atoms with van der Waals surface area (Å²) < 4.78 is 0. The molecule has 39 heavy (non-hydrogen) atoms. The van der Waals surface area contributed by atoms with Crippen molar-refractivity contribution in [2.75, 3.05) is 11.9 Å². The minimum Gasteiger partial charge on any atom is -0.309 e. The summed E-state index contributed by atoms with van der Waals surface area (Å²) in [5.41, 5.74) is 17.7. The van der Waals surface area contributed by atoms with Gasteiger partial charge in [0, 0.05) is 18.4 Å². The molecule has 0 atom stereocenters. The average Bonchev–Trinajstić information content (AvgIpc) is 2.89. The molecule has 0 N–H and O–H groups in total. The molecule has 2 heterocycles. The molecule has 0 aromatic heterocycles. The fourth-order valence-electron chi connectivity index (χ4n) is 6.89. The van der Waals surface area contributed by atoms with E-state index in [9.17, 15) is 0 Å². The zero-order chi connectivity index (χ0) is 27.6. The van der Waals surface area contributed by atoms with Gasteiger partial charge in [-0.25, -0.2) is 0 Å². The second kappa shape index (κ2) is 9.24. The fraction of sp³-hybridized carbons (Fsp3) is 0.216. The molecular formula is C37H36N2-2. The lowest BCUT2D eigenvalue weighted by molar-refractivity contribution is 1.06. The highest BCUT2D eigenvalue weighted by Crippen LogP contribution is 2.52. The smallest absolute Gasteiger partial charge is 0.103 e. The zero-order valence-corrected chi connectivity index (χ0v) is 24.3. The van der Waals surface area contributed by atoms with Gasteiger partial charge in [0.05, 0.1) is 0 Å². The van der Waals surface area contributed by atoms with Gasteiger partial charge in [-0.3, -0.25) is 4.99 Å². The third kappa shape index (κ3) is 3.81. The molecular weight excluding hydrogens is 472 g/mol. The Morgan fingerprint density at radius 2 is 1.54 bits per heavy atom. The number of nitrogens with zero attached hydrogens (tertiary/aromatic N) is 2. The van der Waals surface area contributed by atoms with Crippen molar-refractivity contribution in [1.82, 2.24) is 0 Å². The van der Waals surface area contributed by atoms with E-state index in [4.69, 9.17) is 4.99 Å². The van der Waals surface area contributed by atoms with Gasteiger partial charge in [0.2, 0.25) is 0 Å². The lowest BCUT2D eigenvalue weighted by Gasteiger charge is -2.49. The second-order valence-electron chi connectivity index (χ2n) is 11.2. The Hall–Kier alpha value is -4.17. The SMILES string of the molecule is CN=C1[C-]2C3=CC=CC2=C(C)C=C(C)C(=C2C(C)=C[C-](C)C=C2C)N1c1ccc(-c2c(C)cccc2C)cc13. The molecule has 2 aromatic carbocycles. The van der Waals surface area contributed by atoms with Crippen LogP contribution in [-0.2, 0) is 0 Å². The van der Waals surface area contributed by atoms with E-state index in [1.807, 2.05) is 7.05 Å². The zero-order valence-electron chi connectivity index (χ0n) is 24.3. The summed E-state index contributed by atoms with van der Waals surface area (Å²) in [5.74, 6) is 3.51. The monoisotopic (exact) mass is 508 g/mol. The number of aryl methyl sites for hydroxylation is 2. The van der Waals surface area contributed by atoms with Crippen LogP contribution in [0.5, 0.6) is 0 Å². The van der Waals surface area contributed by atoms with Crippen LogP contribution in [0.4, 0.5) is 5.69 Å². The highest BCUT2D eigenvalue weighted by molar-refractivity contribution is 6.27. The van der Waals surface area contributed by atoms with Crippen LogP contribution in [0.1, 0.15) is 51.3 Å². The van der Waals surface area contributed by atoms with Crippen LogP contribution < -0.4 is 4.90 Å². The number of aliphatic imine (C=N–C) groups is 1. The van der Waals surface area contributed by atoms with E-state index in [2.05, 4.69) is 126 Å². The summed E-state index contributed by atoms with van der Waals surface area (Å²) in [5, 5.41) is 0. The molecule has 2 aromatic rings. The lowest BCUT2D eigenvalue weighted by Crippen LogP contribution is -2.42. The minimum atomic E-state index is 1.01. The quantitative estimate of drug-likeness (QED) is 0.350. The van der Waals surface area contributed by atoms with Crippen LogP contribution in [0.3, 0.4) is 0 Å². The Bertz CT molecular complexity index is 1630. The Kier molecular flexibility index (Phi) is 5.95. The first-order valence-corrected chi connectivity index (χ1v) is 13.8. The van der Waals surface area contributed by atoms with Gasteiger partial charge in [-0.15, -0.1) is 51.7 Å². The summed E-state index contributed by atoms with van der Waals surface area (Å²) in [4.78, 5) is 7.42. The molecule has 0 radical (unpaired) electrons. The van der Waals surface area contributed by atoms with Crippen molar-refractivity contribution in [3.05, 3.63) is 141 Å². The lowest BCUT2D eigenvalue weighted by atomic mass is 9.74. The van der Waals surface area contributed by atoms with E-state index >= 15 is 0 Å². The van der Waals surface area contributed by atoms with E-state index in [1.54, 1.807) is 0 Å². The number of allylic oxidation sites excluding steroid dienone is 11. The Balaban J connectivity index is 1.73. The standard InChI is InChI=1S/C37H36N2/c1-21-17-25(5)34(26(6)18-21)36-27(7)19-24(4)29-13-10-14-30-31-20-28(33-22(2)11-9-12-23(33)3)15-16-32(31)39(36)37(38-8)35(29)30/h9-20H,1-8H3/q-2. The molecule has 2 nitrogen and oxygen atoms in total. The molecule has 0 saturated carbocycles. The van der Waals surface area contributed by atoms with Gasteiger partial charge in [-0.2, -0.15) is 18.1 Å². The molecule has 2 aliphatic carbocycles. The van der Waals surface area contributed by atoms with Crippen molar-refractivity contribution >= 4 is 17.1 Å². The van der Waals surface area contributed by atoms with Crippen molar-refractivity contribution < 1.29 is 0 Å². The maximum absolute atomic E-state index is 4.99. The summed E-state index contributed by atoms with van der Waals surface area (Å²) >= 11 is 0. The molecule has 0 saturated heterocycles. The van der Waals surface area contributed by atoms with E-state index in [1.165, 1.54) is 90.0 Å². The van der Waals surface area contributed by atoms with Gasteiger partial charge in [0.15, 0.2) is 0 Å². The first-order valence-electron chi connectivity index (χ1n) is 13.8. The highest BCUT2D eigenvalue weighted by atomic mass is 15.2. The van der Waals surface area contributed by atoms with Crippen LogP contribution in [-0.4, -0.2) is 12.9 Å². The van der Waals surface area contributed by atoms with E-state index in [0.717, 1.165) is 5.84 Å². The Morgan fingerprint density at radius 1 is 0.846 bits per heavy atom. The largest absolute Gasteiger partial charge is 0.309 e. The van der Waals surface area contributed by atoms with Crippen LogP contribution in [0.15, 0.2) is 117 Å². The summed E-state index contributed by atoms with van der Waals surface area (Å²) in [6.07, 6.45) is 13.7. The average molecular weight is 509 g/mol. The molecule has 4 aliphatic rings. The van der Waals surface area contributed by atoms with Crippen LogP contribution in [0, 0.1) is 25.7 Å². The summed E-state index contributed by atoms with van der Waals surface area (Å²) in [6, 6.07) is 13.6. The van der Waals surface area contributed by atoms with Crippen LogP contribution in [0.2, 0.25) is 0 Å². The van der Waals surface area contributed by atoms with Crippen LogP contribution >= 0.6 is 0 Å².